The molecule has 0 bridgehead atoms. The van der Waals surface area contributed by atoms with Crippen LogP contribution in [0.15, 0.2) is 18.2 Å². The largest absolute Gasteiger partial charge is 0.496 e. The molecule has 1 atom stereocenters. The van der Waals surface area contributed by atoms with Crippen LogP contribution in [0.1, 0.15) is 13.8 Å². The van der Waals surface area contributed by atoms with E-state index in [-0.39, 0.29) is 0 Å². The average Bonchev–Trinajstić information content (AvgIpc) is 2.26. The average molecular weight is 256 g/mol. The van der Waals surface area contributed by atoms with Gasteiger partial charge in [-0.1, -0.05) is 19.9 Å². The summed E-state index contributed by atoms with van der Waals surface area (Å²) >= 11 is 0. The molecule has 0 heterocycles. The molecule has 0 saturated heterocycles. The van der Waals surface area contributed by atoms with Crippen molar-refractivity contribution >= 4 is 12.4 Å². The molecule has 0 aromatic heterocycles. The van der Waals surface area contributed by atoms with Gasteiger partial charge in [0.15, 0.2) is 0 Å². The molecule has 0 N–H and O–H groups in total. The summed E-state index contributed by atoms with van der Waals surface area (Å²) < 4.78 is 23.4. The van der Waals surface area contributed by atoms with Crippen molar-refractivity contribution < 1.29 is 14.0 Å². The van der Waals surface area contributed by atoms with E-state index < -0.39 is 7.14 Å². The summed E-state index contributed by atoms with van der Waals surface area (Å²) in [5.41, 5.74) is 0. The summed E-state index contributed by atoms with van der Waals surface area (Å²) in [6.45, 7) is 5.93. The molecular weight excluding hydrogens is 235 g/mol. The normalized spacial score (nSPS) is 14.5. The van der Waals surface area contributed by atoms with Gasteiger partial charge < -0.3 is 14.0 Å². The molecule has 0 saturated carbocycles. The van der Waals surface area contributed by atoms with Crippen LogP contribution in [0.25, 0.3) is 0 Å². The topological polar surface area (TPSA) is 35.5 Å². The zero-order valence-electron chi connectivity index (χ0n) is 11.2. The molecule has 1 unspecified atom stereocenters. The third kappa shape index (κ3) is 3.26. The summed E-state index contributed by atoms with van der Waals surface area (Å²) in [4.78, 5) is 0. The van der Waals surface area contributed by atoms with Crippen LogP contribution in [0.4, 0.5) is 0 Å². The summed E-state index contributed by atoms with van der Waals surface area (Å²) in [6.07, 6.45) is 0.656. The van der Waals surface area contributed by atoms with Gasteiger partial charge in [0.2, 0.25) is 0 Å². The fourth-order valence-electron chi connectivity index (χ4n) is 2.09. The second-order valence-electron chi connectivity index (χ2n) is 4.69. The van der Waals surface area contributed by atoms with Crippen molar-refractivity contribution in [3.63, 3.8) is 0 Å². The number of rotatable bonds is 5. The minimum absolute atomic E-state index is 0.375. The van der Waals surface area contributed by atoms with Gasteiger partial charge in [0.25, 0.3) is 0 Å². The van der Waals surface area contributed by atoms with Gasteiger partial charge in [-0.25, -0.2) is 0 Å². The molecule has 0 radical (unpaired) electrons. The van der Waals surface area contributed by atoms with Gasteiger partial charge in [-0.05, 0) is 24.7 Å². The quantitative estimate of drug-likeness (QED) is 0.760. The second-order valence-corrected chi connectivity index (χ2v) is 7.70. The second kappa shape index (κ2) is 5.59. The molecule has 0 aliphatic carbocycles. The smallest absolute Gasteiger partial charge is 0.133 e. The Balaban J connectivity index is 3.31. The highest BCUT2D eigenvalue weighted by Gasteiger charge is 2.27. The fourth-order valence-corrected chi connectivity index (χ4v) is 4.93. The molecule has 3 nitrogen and oxygen atoms in total. The van der Waals surface area contributed by atoms with E-state index in [1.54, 1.807) is 20.9 Å². The molecule has 0 spiro atoms. The van der Waals surface area contributed by atoms with E-state index >= 15 is 0 Å². The number of ether oxygens (including phenoxy) is 2. The van der Waals surface area contributed by atoms with Gasteiger partial charge in [0, 0.05) is 6.16 Å². The van der Waals surface area contributed by atoms with Gasteiger partial charge in [-0.2, -0.15) is 0 Å². The van der Waals surface area contributed by atoms with E-state index in [1.807, 2.05) is 18.2 Å². The van der Waals surface area contributed by atoms with Gasteiger partial charge in [0.1, 0.15) is 18.6 Å². The SMILES string of the molecule is COc1cccc(OC)c1P(C)(=O)CC(C)C. The molecule has 0 aliphatic rings. The Morgan fingerprint density at radius 2 is 1.65 bits per heavy atom. The highest BCUT2D eigenvalue weighted by molar-refractivity contribution is 7.71. The van der Waals surface area contributed by atoms with Gasteiger partial charge >= 0.3 is 0 Å². The zero-order valence-corrected chi connectivity index (χ0v) is 12.1. The molecule has 17 heavy (non-hydrogen) atoms. The van der Waals surface area contributed by atoms with Crippen LogP contribution in [0.5, 0.6) is 11.5 Å². The van der Waals surface area contributed by atoms with Crippen LogP contribution >= 0.6 is 7.14 Å². The van der Waals surface area contributed by atoms with E-state index in [4.69, 9.17) is 9.47 Å². The fraction of sp³-hybridized carbons (Fsp3) is 0.538. The molecule has 1 aromatic rings. The number of benzene rings is 1. The first-order valence-electron chi connectivity index (χ1n) is 5.70. The van der Waals surface area contributed by atoms with Crippen molar-refractivity contribution in [1.29, 1.82) is 0 Å². The standard InChI is InChI=1S/C13H21O3P/c1-10(2)9-17(5,14)13-11(15-3)7-6-8-12(13)16-4/h6-8,10H,9H2,1-5H3. The maximum atomic E-state index is 12.8. The Bertz CT molecular complexity index is 404. The van der Waals surface area contributed by atoms with Crippen molar-refractivity contribution in [2.75, 3.05) is 27.0 Å². The predicted molar refractivity (Wildman–Crippen MR) is 72.4 cm³/mol. The molecule has 0 aliphatic heterocycles. The summed E-state index contributed by atoms with van der Waals surface area (Å²) in [5.74, 6) is 1.67. The van der Waals surface area contributed by atoms with E-state index in [9.17, 15) is 4.57 Å². The van der Waals surface area contributed by atoms with Crippen molar-refractivity contribution in [1.82, 2.24) is 0 Å². The first kappa shape index (κ1) is 14.1. The monoisotopic (exact) mass is 256 g/mol. The van der Waals surface area contributed by atoms with Gasteiger partial charge in [-0.15, -0.1) is 0 Å². The Hall–Kier alpha value is -0.950. The number of methoxy groups -OCH3 is 2. The molecule has 0 amide bonds. The lowest BCUT2D eigenvalue weighted by Gasteiger charge is -2.20. The van der Waals surface area contributed by atoms with Gasteiger partial charge in [0.05, 0.1) is 19.5 Å². The Labute approximate surface area is 104 Å². The van der Waals surface area contributed by atoms with Crippen LogP contribution in [0, 0.1) is 5.92 Å². The maximum absolute atomic E-state index is 12.8. The highest BCUT2D eigenvalue weighted by Crippen LogP contribution is 2.47. The van der Waals surface area contributed by atoms with Gasteiger partial charge in [-0.3, -0.25) is 0 Å². The highest BCUT2D eigenvalue weighted by atomic mass is 31.2. The van der Waals surface area contributed by atoms with Crippen molar-refractivity contribution in [2.24, 2.45) is 5.92 Å². The first-order valence-corrected chi connectivity index (χ1v) is 8.04. The van der Waals surface area contributed by atoms with E-state index in [0.717, 1.165) is 5.30 Å². The Morgan fingerprint density at radius 3 is 2.00 bits per heavy atom. The van der Waals surface area contributed by atoms with E-state index in [1.165, 1.54) is 0 Å². The third-order valence-corrected chi connectivity index (χ3v) is 5.40. The minimum Gasteiger partial charge on any atom is -0.496 e. The summed E-state index contributed by atoms with van der Waals surface area (Å²) in [6, 6.07) is 5.50. The molecule has 4 heteroatoms. The van der Waals surface area contributed by atoms with Crippen molar-refractivity contribution in [2.45, 2.75) is 13.8 Å². The number of hydrogen-bond acceptors (Lipinski definition) is 3. The summed E-state index contributed by atoms with van der Waals surface area (Å²) in [7, 11) is 0.723. The van der Waals surface area contributed by atoms with Crippen LogP contribution < -0.4 is 14.8 Å². The summed E-state index contributed by atoms with van der Waals surface area (Å²) in [5, 5.41) is 0.721. The first-order chi connectivity index (χ1) is 7.92. The third-order valence-electron chi connectivity index (χ3n) is 2.59. The lowest BCUT2D eigenvalue weighted by atomic mass is 10.3. The maximum Gasteiger partial charge on any atom is 0.133 e. The lowest BCUT2D eigenvalue weighted by molar-refractivity contribution is 0.400. The van der Waals surface area contributed by atoms with Crippen LogP contribution in [-0.2, 0) is 4.57 Å². The van der Waals surface area contributed by atoms with Crippen LogP contribution in [-0.4, -0.2) is 27.0 Å². The van der Waals surface area contributed by atoms with E-state index in [2.05, 4.69) is 13.8 Å². The van der Waals surface area contributed by atoms with Crippen molar-refractivity contribution in [3.8, 4) is 11.5 Å². The van der Waals surface area contributed by atoms with Crippen molar-refractivity contribution in [3.05, 3.63) is 18.2 Å². The Morgan fingerprint density at radius 1 is 1.18 bits per heavy atom. The molecule has 0 fully saturated rings. The Kier molecular flexibility index (Phi) is 4.64. The molecular formula is C13H21O3P. The van der Waals surface area contributed by atoms with Crippen LogP contribution in [0.2, 0.25) is 0 Å². The number of hydrogen-bond donors (Lipinski definition) is 0. The predicted octanol–water partition coefficient (Wildman–Crippen LogP) is 2.98. The molecule has 1 rings (SSSR count). The molecule has 96 valence electrons. The minimum atomic E-state index is -2.46. The molecule has 1 aromatic carbocycles. The van der Waals surface area contributed by atoms with Crippen LogP contribution in [0.3, 0.4) is 0 Å². The zero-order chi connectivity index (χ0) is 13.1. The van der Waals surface area contributed by atoms with E-state index in [0.29, 0.717) is 23.6 Å². The lowest BCUT2D eigenvalue weighted by Crippen LogP contribution is -2.15.